The van der Waals surface area contributed by atoms with Gasteiger partial charge in [-0.3, -0.25) is 9.79 Å². The summed E-state index contributed by atoms with van der Waals surface area (Å²) in [5, 5.41) is 3.39. The molecule has 1 saturated heterocycles. The van der Waals surface area contributed by atoms with E-state index in [0.29, 0.717) is 12.5 Å². The zero-order valence-electron chi connectivity index (χ0n) is 13.7. The fraction of sp³-hybridized carbons (Fsp3) is 0.867. The van der Waals surface area contributed by atoms with Crippen molar-refractivity contribution in [2.24, 2.45) is 16.8 Å². The number of hydrogen-bond acceptors (Lipinski definition) is 3. The number of methoxy groups -OCH3 is 1. The van der Waals surface area contributed by atoms with Crippen LogP contribution in [0.3, 0.4) is 0 Å². The molecule has 0 aromatic carbocycles. The first-order chi connectivity index (χ1) is 9.63. The highest BCUT2D eigenvalue weighted by Crippen LogP contribution is 2.23. The third-order valence-electron chi connectivity index (χ3n) is 3.94. The number of nitrogens with one attached hydrogen (secondary N) is 1. The standard InChI is InChI=1S/C15H29N3O2.HI/c1-5-6-7-8-9-17-15(16-3)18-10-12(2)13(11-18)14(19)20-4;/h12-13H,5-11H2,1-4H3,(H,16,17);1H. The number of carbonyl (C=O) groups is 1. The lowest BCUT2D eigenvalue weighted by Crippen LogP contribution is -2.41. The number of guanidine groups is 1. The van der Waals surface area contributed by atoms with Crippen LogP contribution in [0.25, 0.3) is 0 Å². The number of likely N-dealkylation sites (tertiary alicyclic amines) is 1. The van der Waals surface area contributed by atoms with Gasteiger partial charge in [-0.25, -0.2) is 0 Å². The van der Waals surface area contributed by atoms with Gasteiger partial charge in [0.25, 0.3) is 0 Å². The molecule has 124 valence electrons. The van der Waals surface area contributed by atoms with Gasteiger partial charge >= 0.3 is 5.97 Å². The molecule has 0 amide bonds. The molecule has 0 aromatic rings. The predicted molar refractivity (Wildman–Crippen MR) is 97.2 cm³/mol. The maximum absolute atomic E-state index is 11.7. The normalized spacial score (nSPS) is 21.9. The summed E-state index contributed by atoms with van der Waals surface area (Å²) in [5.74, 6) is 1.05. The van der Waals surface area contributed by atoms with E-state index in [2.05, 4.69) is 29.1 Å². The lowest BCUT2D eigenvalue weighted by Gasteiger charge is -2.21. The Morgan fingerprint density at radius 3 is 2.62 bits per heavy atom. The molecule has 0 aromatic heterocycles. The summed E-state index contributed by atoms with van der Waals surface area (Å²) in [4.78, 5) is 18.2. The van der Waals surface area contributed by atoms with Crippen LogP contribution in [-0.4, -0.2) is 50.6 Å². The van der Waals surface area contributed by atoms with Gasteiger partial charge in [0.1, 0.15) is 0 Å². The van der Waals surface area contributed by atoms with E-state index in [1.165, 1.54) is 26.4 Å². The minimum atomic E-state index is -0.113. The second-order valence-electron chi connectivity index (χ2n) is 5.55. The van der Waals surface area contributed by atoms with E-state index in [1.54, 1.807) is 7.05 Å². The second-order valence-corrected chi connectivity index (χ2v) is 5.55. The number of rotatable bonds is 6. The van der Waals surface area contributed by atoms with Crippen molar-refractivity contribution in [3.63, 3.8) is 0 Å². The van der Waals surface area contributed by atoms with Gasteiger partial charge in [-0.05, 0) is 12.3 Å². The molecule has 1 heterocycles. The van der Waals surface area contributed by atoms with Crippen molar-refractivity contribution in [2.45, 2.75) is 39.5 Å². The highest BCUT2D eigenvalue weighted by Gasteiger charge is 2.36. The second kappa shape index (κ2) is 11.1. The maximum atomic E-state index is 11.7. The predicted octanol–water partition coefficient (Wildman–Crippen LogP) is 2.50. The monoisotopic (exact) mass is 411 g/mol. The van der Waals surface area contributed by atoms with Crippen molar-refractivity contribution >= 4 is 35.9 Å². The van der Waals surface area contributed by atoms with Crippen molar-refractivity contribution in [2.75, 3.05) is 33.8 Å². The number of unbranched alkanes of at least 4 members (excludes halogenated alkanes) is 3. The lowest BCUT2D eigenvalue weighted by molar-refractivity contribution is -0.145. The minimum absolute atomic E-state index is 0. The summed E-state index contributed by atoms with van der Waals surface area (Å²) < 4.78 is 4.87. The third kappa shape index (κ3) is 6.40. The quantitative estimate of drug-likeness (QED) is 0.240. The van der Waals surface area contributed by atoms with Gasteiger partial charge in [-0.1, -0.05) is 33.1 Å². The Kier molecular flexibility index (Phi) is 10.8. The third-order valence-corrected chi connectivity index (χ3v) is 3.94. The molecule has 0 spiro atoms. The van der Waals surface area contributed by atoms with Crippen molar-refractivity contribution in [1.82, 2.24) is 10.2 Å². The van der Waals surface area contributed by atoms with Crippen LogP contribution < -0.4 is 5.32 Å². The van der Waals surface area contributed by atoms with Crippen molar-refractivity contribution in [3.8, 4) is 0 Å². The first kappa shape index (κ1) is 20.5. The van der Waals surface area contributed by atoms with Crippen LogP contribution in [0.4, 0.5) is 0 Å². The molecule has 0 aliphatic carbocycles. The first-order valence-electron chi connectivity index (χ1n) is 7.67. The van der Waals surface area contributed by atoms with Gasteiger partial charge in [0, 0.05) is 26.7 Å². The summed E-state index contributed by atoms with van der Waals surface area (Å²) in [5.41, 5.74) is 0. The van der Waals surface area contributed by atoms with Gasteiger partial charge in [0.05, 0.1) is 13.0 Å². The van der Waals surface area contributed by atoms with E-state index in [0.717, 1.165) is 25.5 Å². The van der Waals surface area contributed by atoms with Gasteiger partial charge in [0.15, 0.2) is 5.96 Å². The Hall–Kier alpha value is -0.530. The van der Waals surface area contributed by atoms with E-state index in [-0.39, 0.29) is 35.9 Å². The molecule has 21 heavy (non-hydrogen) atoms. The Bertz CT molecular complexity index is 337. The number of halogens is 1. The highest BCUT2D eigenvalue weighted by molar-refractivity contribution is 14.0. The zero-order chi connectivity index (χ0) is 15.0. The smallest absolute Gasteiger partial charge is 0.310 e. The van der Waals surface area contributed by atoms with Crippen LogP contribution >= 0.6 is 24.0 Å². The number of carbonyl (C=O) groups excluding carboxylic acids is 1. The van der Waals surface area contributed by atoms with Crippen LogP contribution in [-0.2, 0) is 9.53 Å². The molecule has 2 atom stereocenters. The molecule has 6 heteroatoms. The molecule has 1 N–H and O–H groups in total. The maximum Gasteiger partial charge on any atom is 0.310 e. The van der Waals surface area contributed by atoms with Crippen LogP contribution in [0, 0.1) is 11.8 Å². The Morgan fingerprint density at radius 2 is 2.05 bits per heavy atom. The molecular formula is C15H30IN3O2. The Balaban J connectivity index is 0.00000400. The number of ether oxygens (including phenoxy) is 1. The van der Waals surface area contributed by atoms with E-state index >= 15 is 0 Å². The van der Waals surface area contributed by atoms with E-state index in [1.807, 2.05) is 0 Å². The molecule has 0 bridgehead atoms. The van der Waals surface area contributed by atoms with Crippen LogP contribution in [0.1, 0.15) is 39.5 Å². The fourth-order valence-electron chi connectivity index (χ4n) is 2.68. The van der Waals surface area contributed by atoms with Crippen LogP contribution in [0.2, 0.25) is 0 Å². The minimum Gasteiger partial charge on any atom is -0.469 e. The van der Waals surface area contributed by atoms with E-state index < -0.39 is 0 Å². The highest BCUT2D eigenvalue weighted by atomic mass is 127. The molecule has 5 nitrogen and oxygen atoms in total. The van der Waals surface area contributed by atoms with Crippen LogP contribution in [0.5, 0.6) is 0 Å². The Morgan fingerprint density at radius 1 is 1.33 bits per heavy atom. The summed E-state index contributed by atoms with van der Waals surface area (Å²) in [7, 11) is 3.25. The molecular weight excluding hydrogens is 381 g/mol. The van der Waals surface area contributed by atoms with Crippen molar-refractivity contribution in [3.05, 3.63) is 0 Å². The van der Waals surface area contributed by atoms with E-state index in [9.17, 15) is 4.79 Å². The largest absolute Gasteiger partial charge is 0.469 e. The average molecular weight is 411 g/mol. The molecule has 0 saturated carbocycles. The molecule has 1 fully saturated rings. The molecule has 2 unspecified atom stereocenters. The fourth-order valence-corrected chi connectivity index (χ4v) is 2.68. The SMILES string of the molecule is CCCCCCNC(=NC)N1CC(C)C(C(=O)OC)C1.I. The number of aliphatic imine (C=N–C) groups is 1. The average Bonchev–Trinajstić information content (AvgIpc) is 2.84. The summed E-state index contributed by atoms with van der Waals surface area (Å²) in [6.07, 6.45) is 4.95. The van der Waals surface area contributed by atoms with Gasteiger partial charge in [-0.15, -0.1) is 24.0 Å². The summed E-state index contributed by atoms with van der Waals surface area (Å²) in [6, 6.07) is 0. The topological polar surface area (TPSA) is 53.9 Å². The van der Waals surface area contributed by atoms with Crippen LogP contribution in [0.15, 0.2) is 4.99 Å². The zero-order valence-corrected chi connectivity index (χ0v) is 16.1. The lowest BCUT2D eigenvalue weighted by atomic mass is 9.99. The summed E-state index contributed by atoms with van der Waals surface area (Å²) in [6.45, 7) is 6.80. The first-order valence-corrected chi connectivity index (χ1v) is 7.67. The molecule has 1 aliphatic heterocycles. The van der Waals surface area contributed by atoms with Crippen molar-refractivity contribution in [1.29, 1.82) is 0 Å². The Labute approximate surface area is 145 Å². The molecule has 1 aliphatic rings. The van der Waals surface area contributed by atoms with Gasteiger partial charge in [0.2, 0.25) is 0 Å². The van der Waals surface area contributed by atoms with Gasteiger partial charge in [-0.2, -0.15) is 0 Å². The summed E-state index contributed by atoms with van der Waals surface area (Å²) >= 11 is 0. The van der Waals surface area contributed by atoms with Crippen molar-refractivity contribution < 1.29 is 9.53 Å². The molecule has 0 radical (unpaired) electrons. The van der Waals surface area contributed by atoms with E-state index in [4.69, 9.17) is 4.74 Å². The number of esters is 1. The molecule has 1 rings (SSSR count). The number of hydrogen-bond donors (Lipinski definition) is 1. The number of nitrogens with zero attached hydrogens (tertiary/aromatic N) is 2. The van der Waals surface area contributed by atoms with Gasteiger partial charge < -0.3 is 15.0 Å².